The minimum absolute atomic E-state index is 0.304. The van der Waals surface area contributed by atoms with Crippen LogP contribution in [0.1, 0.15) is 24.3 Å². The van der Waals surface area contributed by atoms with Gasteiger partial charge in [0, 0.05) is 38.0 Å². The lowest BCUT2D eigenvalue weighted by atomic mass is 9.90. The highest BCUT2D eigenvalue weighted by Crippen LogP contribution is 2.42. The van der Waals surface area contributed by atoms with Gasteiger partial charge in [-0.3, -0.25) is 0 Å². The highest BCUT2D eigenvalue weighted by atomic mass is 35.5. The van der Waals surface area contributed by atoms with Crippen molar-refractivity contribution in [2.45, 2.75) is 18.8 Å². The molecule has 0 fully saturated rings. The van der Waals surface area contributed by atoms with Crippen molar-refractivity contribution in [2.75, 3.05) is 0 Å². The molecule has 132 valence electrons. The number of fused-ring (bicyclic) bond motifs is 3. The number of thiophene rings is 1. The molecule has 0 N–H and O–H groups in total. The van der Waals surface area contributed by atoms with Crippen LogP contribution in [0.4, 0.5) is 5.82 Å². The fourth-order valence-corrected chi connectivity index (χ4v) is 4.81. The number of nitrogens with zero attached hydrogens (tertiary/aromatic N) is 2. The summed E-state index contributed by atoms with van der Waals surface area (Å²) in [5, 5.41) is 0.785. The number of halogens is 1. The first-order valence-electron chi connectivity index (χ1n) is 9.06. The van der Waals surface area contributed by atoms with Gasteiger partial charge in [-0.15, -0.1) is 11.3 Å². The van der Waals surface area contributed by atoms with Crippen LogP contribution in [0.3, 0.4) is 0 Å². The molecule has 0 saturated heterocycles. The predicted molar refractivity (Wildman–Crippen MR) is 115 cm³/mol. The Morgan fingerprint density at radius 2 is 1.78 bits per heavy atom. The molecule has 0 saturated carbocycles. The average Bonchev–Trinajstić information content (AvgIpc) is 3.30. The van der Waals surface area contributed by atoms with Crippen LogP contribution in [-0.4, -0.2) is 10.7 Å². The second-order valence-corrected chi connectivity index (χ2v) is 8.28. The molecule has 2 nitrogen and oxygen atoms in total. The van der Waals surface area contributed by atoms with E-state index in [2.05, 4.69) is 53.5 Å². The Kier molecular flexibility index (Phi) is 4.27. The maximum atomic E-state index is 6.16. The van der Waals surface area contributed by atoms with E-state index in [0.29, 0.717) is 5.92 Å². The highest BCUT2D eigenvalue weighted by molar-refractivity contribution is 7.18. The van der Waals surface area contributed by atoms with Crippen LogP contribution in [0, 0.1) is 0 Å². The molecule has 27 heavy (non-hydrogen) atoms. The van der Waals surface area contributed by atoms with Gasteiger partial charge in [0.2, 0.25) is 0 Å². The summed E-state index contributed by atoms with van der Waals surface area (Å²) < 4.78 is 0. The second kappa shape index (κ2) is 6.91. The normalized spacial score (nSPS) is 21.3. The Balaban J connectivity index is 1.48. The van der Waals surface area contributed by atoms with E-state index >= 15 is 0 Å². The zero-order valence-corrected chi connectivity index (χ0v) is 16.2. The van der Waals surface area contributed by atoms with Gasteiger partial charge in [-0.1, -0.05) is 48.0 Å². The summed E-state index contributed by atoms with van der Waals surface area (Å²) in [6.07, 6.45) is 9.95. The fraction of sp³-hybridized carbons (Fsp3) is 0.130. The molecule has 4 heteroatoms. The number of benzene rings is 1. The molecule has 1 aliphatic carbocycles. The van der Waals surface area contributed by atoms with Crippen molar-refractivity contribution in [3.05, 3.63) is 83.6 Å². The Labute approximate surface area is 167 Å². The average molecular weight is 389 g/mol. The minimum atomic E-state index is 0.304. The topological polar surface area (TPSA) is 25.2 Å². The molecule has 1 unspecified atom stereocenters. The van der Waals surface area contributed by atoms with Crippen LogP contribution >= 0.6 is 22.9 Å². The monoisotopic (exact) mass is 388 g/mol. The van der Waals surface area contributed by atoms with Gasteiger partial charge in [0.15, 0.2) is 5.82 Å². The van der Waals surface area contributed by atoms with Gasteiger partial charge in [-0.2, -0.15) is 0 Å². The van der Waals surface area contributed by atoms with E-state index in [1.807, 2.05) is 24.4 Å². The Morgan fingerprint density at radius 3 is 2.63 bits per heavy atom. The third-order valence-corrected chi connectivity index (χ3v) is 6.48. The number of hydrogen-bond acceptors (Lipinski definition) is 3. The maximum absolute atomic E-state index is 6.16. The molecule has 1 atom stereocenters. The van der Waals surface area contributed by atoms with Crippen molar-refractivity contribution in [3.8, 4) is 20.9 Å². The smallest absolute Gasteiger partial charge is 0.155 e. The zero-order valence-electron chi connectivity index (χ0n) is 14.6. The molecule has 3 heterocycles. The largest absolute Gasteiger partial charge is 0.236 e. The Bertz CT molecular complexity index is 1090. The molecule has 3 aromatic rings. The summed E-state index contributed by atoms with van der Waals surface area (Å²) >= 11 is 7.96. The SMILES string of the molecule is ClC1=C/CCC2C(=Nc3ncc(-c4ccc(-c5ccccc5)s4)cc32)/C=C\1. The summed E-state index contributed by atoms with van der Waals surface area (Å²) in [5.41, 5.74) is 4.71. The van der Waals surface area contributed by atoms with E-state index in [1.54, 1.807) is 11.3 Å². The van der Waals surface area contributed by atoms with Crippen molar-refractivity contribution >= 4 is 34.5 Å². The Morgan fingerprint density at radius 1 is 0.963 bits per heavy atom. The molecule has 5 rings (SSSR count). The molecule has 0 bridgehead atoms. The molecule has 2 aliphatic rings. The lowest BCUT2D eigenvalue weighted by Gasteiger charge is -2.13. The van der Waals surface area contributed by atoms with Crippen LogP contribution in [0.25, 0.3) is 20.9 Å². The first-order chi connectivity index (χ1) is 13.3. The standard InChI is InChI=1S/C23H17ClN2S/c24-17-7-4-8-18-19-13-16(14-25-23(19)26-20(18)10-9-17)22-12-11-21(27-22)15-5-2-1-3-6-15/h1-3,5-7,9-14,18H,4,8H2/b10-9-,17-7+. The number of aromatic nitrogens is 1. The van der Waals surface area contributed by atoms with Gasteiger partial charge in [-0.05, 0) is 48.8 Å². The van der Waals surface area contributed by atoms with Crippen LogP contribution < -0.4 is 0 Å². The van der Waals surface area contributed by atoms with E-state index in [1.165, 1.54) is 20.9 Å². The number of aliphatic imine (C=N–C) groups is 1. The van der Waals surface area contributed by atoms with Crippen molar-refractivity contribution in [3.63, 3.8) is 0 Å². The molecule has 0 spiro atoms. The summed E-state index contributed by atoms with van der Waals surface area (Å²) in [4.78, 5) is 11.9. The molecular formula is C23H17ClN2S. The van der Waals surface area contributed by atoms with Crippen molar-refractivity contribution < 1.29 is 0 Å². The quantitative estimate of drug-likeness (QED) is 0.458. The third-order valence-electron chi connectivity index (χ3n) is 5.02. The Hall–Kier alpha value is -2.49. The van der Waals surface area contributed by atoms with Gasteiger partial charge in [0.25, 0.3) is 0 Å². The van der Waals surface area contributed by atoms with E-state index in [0.717, 1.165) is 35.0 Å². The highest BCUT2D eigenvalue weighted by Gasteiger charge is 2.27. The van der Waals surface area contributed by atoms with Gasteiger partial charge >= 0.3 is 0 Å². The number of pyridine rings is 1. The summed E-state index contributed by atoms with van der Waals surface area (Å²) in [5.74, 6) is 1.15. The lowest BCUT2D eigenvalue weighted by Crippen LogP contribution is -2.07. The van der Waals surface area contributed by atoms with Gasteiger partial charge in [0.05, 0.1) is 5.71 Å². The first-order valence-corrected chi connectivity index (χ1v) is 10.3. The molecule has 0 radical (unpaired) electrons. The number of rotatable bonds is 2. The minimum Gasteiger partial charge on any atom is -0.236 e. The summed E-state index contributed by atoms with van der Waals surface area (Å²) in [6, 6.07) is 17.1. The number of hydrogen-bond donors (Lipinski definition) is 0. The summed E-state index contributed by atoms with van der Waals surface area (Å²) in [7, 11) is 0. The van der Waals surface area contributed by atoms with E-state index in [-0.39, 0.29) is 0 Å². The van der Waals surface area contributed by atoms with Crippen molar-refractivity contribution in [1.29, 1.82) is 0 Å². The molecule has 2 aromatic heterocycles. The molecule has 1 aliphatic heterocycles. The molecule has 1 aromatic carbocycles. The fourth-order valence-electron chi connectivity index (χ4n) is 3.65. The van der Waals surface area contributed by atoms with Crippen molar-refractivity contribution in [1.82, 2.24) is 4.98 Å². The zero-order chi connectivity index (χ0) is 18.2. The second-order valence-electron chi connectivity index (χ2n) is 6.76. The van der Waals surface area contributed by atoms with Crippen LogP contribution in [-0.2, 0) is 0 Å². The van der Waals surface area contributed by atoms with Crippen LogP contribution in [0.15, 0.2) is 83.0 Å². The number of allylic oxidation sites excluding steroid dienone is 4. The van der Waals surface area contributed by atoms with E-state index in [4.69, 9.17) is 16.6 Å². The molecule has 0 amide bonds. The molecular weight excluding hydrogens is 372 g/mol. The third kappa shape index (κ3) is 3.18. The van der Waals surface area contributed by atoms with Crippen LogP contribution in [0.5, 0.6) is 0 Å². The maximum Gasteiger partial charge on any atom is 0.155 e. The van der Waals surface area contributed by atoms with E-state index < -0.39 is 0 Å². The van der Waals surface area contributed by atoms with Gasteiger partial charge in [0.1, 0.15) is 0 Å². The van der Waals surface area contributed by atoms with Gasteiger partial charge in [-0.25, -0.2) is 9.98 Å². The van der Waals surface area contributed by atoms with E-state index in [9.17, 15) is 0 Å². The van der Waals surface area contributed by atoms with Crippen LogP contribution in [0.2, 0.25) is 0 Å². The van der Waals surface area contributed by atoms with Crippen molar-refractivity contribution in [2.24, 2.45) is 4.99 Å². The predicted octanol–water partition coefficient (Wildman–Crippen LogP) is 7.12. The lowest BCUT2D eigenvalue weighted by molar-refractivity contribution is 0.794. The summed E-state index contributed by atoms with van der Waals surface area (Å²) in [6.45, 7) is 0. The first kappa shape index (κ1) is 16.7. The van der Waals surface area contributed by atoms with Gasteiger partial charge < -0.3 is 0 Å².